The smallest absolute Gasteiger partial charge is 0.274 e. The number of hydrogen-bond acceptors (Lipinski definition) is 3. The third-order valence-corrected chi connectivity index (χ3v) is 2.85. The Kier molecular flexibility index (Phi) is 4.46. The summed E-state index contributed by atoms with van der Waals surface area (Å²) in [5, 5.41) is 0.298. The van der Waals surface area contributed by atoms with E-state index in [1.165, 1.54) is 6.20 Å². The van der Waals surface area contributed by atoms with E-state index in [4.69, 9.17) is 11.6 Å². The van der Waals surface area contributed by atoms with Gasteiger partial charge in [-0.25, -0.2) is 9.97 Å². The van der Waals surface area contributed by atoms with Gasteiger partial charge < -0.3 is 4.90 Å². The fraction of sp³-hybridized carbons (Fsp3) is 0.583. The molecule has 4 nitrogen and oxygen atoms in total. The Morgan fingerprint density at radius 2 is 1.94 bits per heavy atom. The van der Waals surface area contributed by atoms with E-state index in [-0.39, 0.29) is 23.6 Å². The van der Waals surface area contributed by atoms with Crippen molar-refractivity contribution in [3.05, 3.63) is 22.7 Å². The standard InChI is InChI=1S/C12H18ClN3O/c1-7(2)11-14-6-9(13)10(15-11)12(17)16(5)8(3)4/h6-8H,1-5H3. The van der Waals surface area contributed by atoms with Gasteiger partial charge in [0.25, 0.3) is 5.91 Å². The summed E-state index contributed by atoms with van der Waals surface area (Å²) in [6, 6.07) is 0.107. The molecule has 0 spiro atoms. The fourth-order valence-corrected chi connectivity index (χ4v) is 1.38. The summed E-state index contributed by atoms with van der Waals surface area (Å²) < 4.78 is 0. The van der Waals surface area contributed by atoms with Gasteiger partial charge in [-0.15, -0.1) is 0 Å². The molecule has 1 amide bonds. The van der Waals surface area contributed by atoms with Gasteiger partial charge in [0.1, 0.15) is 5.82 Å². The monoisotopic (exact) mass is 255 g/mol. The first-order chi connectivity index (χ1) is 7.84. The summed E-state index contributed by atoms with van der Waals surface area (Å²) in [7, 11) is 1.74. The Labute approximate surface area is 107 Å². The number of carbonyl (C=O) groups excluding carboxylic acids is 1. The quantitative estimate of drug-likeness (QED) is 0.834. The number of rotatable bonds is 3. The summed E-state index contributed by atoms with van der Waals surface area (Å²) in [5.41, 5.74) is 0.279. The van der Waals surface area contributed by atoms with Crippen molar-refractivity contribution in [1.82, 2.24) is 14.9 Å². The number of carbonyl (C=O) groups is 1. The van der Waals surface area contributed by atoms with Crippen molar-refractivity contribution in [2.45, 2.75) is 39.7 Å². The van der Waals surface area contributed by atoms with Crippen LogP contribution in [0.4, 0.5) is 0 Å². The van der Waals surface area contributed by atoms with Crippen LogP contribution >= 0.6 is 11.6 Å². The van der Waals surface area contributed by atoms with E-state index in [2.05, 4.69) is 9.97 Å². The number of hydrogen-bond donors (Lipinski definition) is 0. The van der Waals surface area contributed by atoms with Gasteiger partial charge in [0, 0.05) is 19.0 Å². The molecule has 0 aliphatic carbocycles. The lowest BCUT2D eigenvalue weighted by atomic mass is 10.2. The molecule has 0 aliphatic rings. The lowest BCUT2D eigenvalue weighted by Crippen LogP contribution is -2.34. The van der Waals surface area contributed by atoms with Crippen molar-refractivity contribution >= 4 is 17.5 Å². The van der Waals surface area contributed by atoms with Gasteiger partial charge in [0.15, 0.2) is 5.69 Å². The first-order valence-corrected chi connectivity index (χ1v) is 6.02. The second kappa shape index (κ2) is 5.45. The van der Waals surface area contributed by atoms with E-state index in [0.29, 0.717) is 10.8 Å². The maximum absolute atomic E-state index is 12.1. The molecule has 0 saturated carbocycles. The van der Waals surface area contributed by atoms with Crippen molar-refractivity contribution in [2.75, 3.05) is 7.05 Å². The Bertz CT molecular complexity index is 418. The molecule has 0 atom stereocenters. The van der Waals surface area contributed by atoms with Crippen LogP contribution < -0.4 is 0 Å². The summed E-state index contributed by atoms with van der Waals surface area (Å²) in [4.78, 5) is 22.1. The van der Waals surface area contributed by atoms with E-state index in [1.807, 2.05) is 27.7 Å². The summed E-state index contributed by atoms with van der Waals surface area (Å²) >= 11 is 5.97. The van der Waals surface area contributed by atoms with Crippen LogP contribution in [0.5, 0.6) is 0 Å². The van der Waals surface area contributed by atoms with Crippen LogP contribution in [0.25, 0.3) is 0 Å². The molecular formula is C12H18ClN3O. The normalized spacial score (nSPS) is 11.1. The Morgan fingerprint density at radius 1 is 1.35 bits per heavy atom. The fourth-order valence-electron chi connectivity index (χ4n) is 1.21. The van der Waals surface area contributed by atoms with E-state index in [1.54, 1.807) is 11.9 Å². The van der Waals surface area contributed by atoms with Gasteiger partial charge in [0.05, 0.1) is 11.2 Å². The molecule has 1 aromatic rings. The van der Waals surface area contributed by atoms with Gasteiger partial charge in [-0.3, -0.25) is 4.79 Å². The summed E-state index contributed by atoms with van der Waals surface area (Å²) in [5.74, 6) is 0.632. The first-order valence-electron chi connectivity index (χ1n) is 5.64. The molecule has 94 valence electrons. The number of nitrogens with zero attached hydrogens (tertiary/aromatic N) is 3. The van der Waals surface area contributed by atoms with Crippen LogP contribution in [-0.2, 0) is 0 Å². The van der Waals surface area contributed by atoms with Gasteiger partial charge in [0.2, 0.25) is 0 Å². The second-order valence-corrected chi connectivity index (χ2v) is 5.00. The van der Waals surface area contributed by atoms with Gasteiger partial charge in [-0.1, -0.05) is 25.4 Å². The largest absolute Gasteiger partial charge is 0.338 e. The van der Waals surface area contributed by atoms with Crippen LogP contribution in [0, 0.1) is 0 Å². The average molecular weight is 256 g/mol. The van der Waals surface area contributed by atoms with Crippen LogP contribution in [-0.4, -0.2) is 33.9 Å². The molecule has 0 bridgehead atoms. The first kappa shape index (κ1) is 13.9. The summed E-state index contributed by atoms with van der Waals surface area (Å²) in [6.45, 7) is 7.83. The highest BCUT2D eigenvalue weighted by Crippen LogP contribution is 2.18. The van der Waals surface area contributed by atoms with Crippen molar-refractivity contribution < 1.29 is 4.79 Å². The molecule has 1 rings (SSSR count). The molecule has 5 heteroatoms. The zero-order chi connectivity index (χ0) is 13.2. The minimum Gasteiger partial charge on any atom is -0.338 e. The van der Waals surface area contributed by atoms with E-state index < -0.39 is 0 Å². The SMILES string of the molecule is CC(C)c1ncc(Cl)c(C(=O)N(C)C(C)C)n1. The third-order valence-electron chi connectivity index (χ3n) is 2.58. The maximum atomic E-state index is 12.1. The van der Waals surface area contributed by atoms with Crippen LogP contribution in [0.2, 0.25) is 5.02 Å². The predicted molar refractivity (Wildman–Crippen MR) is 68.4 cm³/mol. The highest BCUT2D eigenvalue weighted by atomic mass is 35.5. The maximum Gasteiger partial charge on any atom is 0.274 e. The molecule has 0 unspecified atom stereocenters. The molecule has 17 heavy (non-hydrogen) atoms. The molecule has 0 N–H and O–H groups in total. The van der Waals surface area contributed by atoms with Gasteiger partial charge in [-0.2, -0.15) is 0 Å². The van der Waals surface area contributed by atoms with E-state index in [9.17, 15) is 4.79 Å². The number of aromatic nitrogens is 2. The van der Waals surface area contributed by atoms with Crippen LogP contribution in [0.3, 0.4) is 0 Å². The molecule has 0 saturated heterocycles. The number of amides is 1. The lowest BCUT2D eigenvalue weighted by Gasteiger charge is -2.21. The molecule has 0 fully saturated rings. The zero-order valence-corrected chi connectivity index (χ0v) is 11.6. The molecular weight excluding hydrogens is 238 g/mol. The van der Waals surface area contributed by atoms with E-state index >= 15 is 0 Å². The van der Waals surface area contributed by atoms with Crippen LogP contribution in [0.15, 0.2) is 6.20 Å². The third kappa shape index (κ3) is 3.16. The van der Waals surface area contributed by atoms with Gasteiger partial charge >= 0.3 is 0 Å². The van der Waals surface area contributed by atoms with Crippen LogP contribution in [0.1, 0.15) is 49.9 Å². The Morgan fingerprint density at radius 3 is 2.41 bits per heavy atom. The zero-order valence-electron chi connectivity index (χ0n) is 10.9. The average Bonchev–Trinajstić information content (AvgIpc) is 2.27. The highest BCUT2D eigenvalue weighted by molar-refractivity contribution is 6.33. The molecule has 0 aromatic carbocycles. The second-order valence-electron chi connectivity index (χ2n) is 4.59. The predicted octanol–water partition coefficient (Wildman–Crippen LogP) is 2.73. The molecule has 1 heterocycles. The van der Waals surface area contributed by atoms with Crippen molar-refractivity contribution in [3.8, 4) is 0 Å². The van der Waals surface area contributed by atoms with Crippen molar-refractivity contribution in [1.29, 1.82) is 0 Å². The Balaban J connectivity index is 3.12. The molecule has 1 aromatic heterocycles. The summed E-state index contributed by atoms with van der Waals surface area (Å²) in [6.07, 6.45) is 1.49. The van der Waals surface area contributed by atoms with Gasteiger partial charge in [-0.05, 0) is 13.8 Å². The minimum absolute atomic E-state index is 0.107. The van der Waals surface area contributed by atoms with Crippen molar-refractivity contribution in [3.63, 3.8) is 0 Å². The highest BCUT2D eigenvalue weighted by Gasteiger charge is 2.20. The number of halogens is 1. The molecule has 0 radical (unpaired) electrons. The van der Waals surface area contributed by atoms with E-state index in [0.717, 1.165) is 0 Å². The van der Waals surface area contributed by atoms with Crippen molar-refractivity contribution in [2.24, 2.45) is 0 Å². The topological polar surface area (TPSA) is 46.1 Å². The Hall–Kier alpha value is -1.16. The lowest BCUT2D eigenvalue weighted by molar-refractivity contribution is 0.0748. The molecule has 0 aliphatic heterocycles. The minimum atomic E-state index is -0.172.